The predicted molar refractivity (Wildman–Crippen MR) is 103 cm³/mol. The van der Waals surface area contributed by atoms with Gasteiger partial charge in [0.15, 0.2) is 5.60 Å². The summed E-state index contributed by atoms with van der Waals surface area (Å²) < 4.78 is 5.82. The van der Waals surface area contributed by atoms with Crippen LogP contribution >= 0.6 is 11.6 Å². The van der Waals surface area contributed by atoms with E-state index in [0.717, 1.165) is 18.8 Å². The summed E-state index contributed by atoms with van der Waals surface area (Å²) in [6, 6.07) is 14.9. The zero-order valence-corrected chi connectivity index (χ0v) is 15.3. The van der Waals surface area contributed by atoms with E-state index in [0.29, 0.717) is 10.8 Å². The molecule has 0 atom stereocenters. The highest BCUT2D eigenvalue weighted by molar-refractivity contribution is 6.30. The lowest BCUT2D eigenvalue weighted by Gasteiger charge is -2.25. The molecule has 1 N–H and O–H groups in total. The van der Waals surface area contributed by atoms with Gasteiger partial charge in [0, 0.05) is 29.5 Å². The molecule has 1 fully saturated rings. The standard InChI is InChI=1S/C20H23ClN2O2/c1-20(2,25-18-11-5-15(21)6-12-18)19(24)22-16-7-9-17(10-8-16)23-13-3-4-14-23/h5-12H,3-4,13-14H2,1-2H3,(H,22,24). The first-order valence-electron chi connectivity index (χ1n) is 8.55. The molecule has 1 aliphatic heterocycles. The molecule has 2 aromatic rings. The maximum Gasteiger partial charge on any atom is 0.267 e. The van der Waals surface area contributed by atoms with Gasteiger partial charge in [-0.25, -0.2) is 0 Å². The minimum atomic E-state index is -0.999. The third-order valence-corrected chi connectivity index (χ3v) is 4.58. The second kappa shape index (κ2) is 7.36. The first-order valence-corrected chi connectivity index (χ1v) is 8.93. The highest BCUT2D eigenvalue weighted by Crippen LogP contribution is 2.24. The molecule has 2 aromatic carbocycles. The predicted octanol–water partition coefficient (Wildman–Crippen LogP) is 4.74. The van der Waals surface area contributed by atoms with Gasteiger partial charge in [0.2, 0.25) is 0 Å². The topological polar surface area (TPSA) is 41.6 Å². The normalized spacial score (nSPS) is 14.4. The van der Waals surface area contributed by atoms with E-state index in [4.69, 9.17) is 16.3 Å². The number of halogens is 1. The summed E-state index contributed by atoms with van der Waals surface area (Å²) in [4.78, 5) is 14.9. The van der Waals surface area contributed by atoms with Gasteiger partial charge in [-0.1, -0.05) is 11.6 Å². The van der Waals surface area contributed by atoms with Gasteiger partial charge in [-0.3, -0.25) is 4.79 Å². The van der Waals surface area contributed by atoms with Crippen molar-refractivity contribution in [2.24, 2.45) is 0 Å². The average molecular weight is 359 g/mol. The lowest BCUT2D eigenvalue weighted by atomic mass is 10.1. The molecule has 0 saturated carbocycles. The van der Waals surface area contributed by atoms with Crippen molar-refractivity contribution in [1.29, 1.82) is 0 Å². The van der Waals surface area contributed by atoms with Crippen LogP contribution < -0.4 is 15.0 Å². The van der Waals surface area contributed by atoms with Crippen LogP contribution in [0, 0.1) is 0 Å². The molecule has 1 heterocycles. The van der Waals surface area contributed by atoms with Gasteiger partial charge in [0.05, 0.1) is 0 Å². The molecule has 0 bridgehead atoms. The number of anilines is 2. The largest absolute Gasteiger partial charge is 0.478 e. The van der Waals surface area contributed by atoms with Crippen LogP contribution in [0.15, 0.2) is 48.5 Å². The van der Waals surface area contributed by atoms with E-state index in [1.807, 2.05) is 24.3 Å². The Morgan fingerprint density at radius 2 is 1.64 bits per heavy atom. The monoisotopic (exact) mass is 358 g/mol. The zero-order chi connectivity index (χ0) is 17.9. The van der Waals surface area contributed by atoms with E-state index in [-0.39, 0.29) is 5.91 Å². The molecule has 0 unspecified atom stereocenters. The molecule has 3 rings (SSSR count). The fourth-order valence-corrected chi connectivity index (χ4v) is 2.98. The molecule has 0 aliphatic carbocycles. The van der Waals surface area contributed by atoms with Crippen LogP contribution in [0.5, 0.6) is 5.75 Å². The zero-order valence-electron chi connectivity index (χ0n) is 14.6. The molecule has 4 nitrogen and oxygen atoms in total. The second-order valence-corrected chi connectivity index (χ2v) is 7.20. The maximum atomic E-state index is 12.6. The van der Waals surface area contributed by atoms with Crippen LogP contribution in [0.1, 0.15) is 26.7 Å². The number of carbonyl (C=O) groups is 1. The maximum absolute atomic E-state index is 12.6. The Labute approximate surface area is 153 Å². The molecule has 0 radical (unpaired) electrons. The fraction of sp³-hybridized carbons (Fsp3) is 0.350. The van der Waals surface area contributed by atoms with E-state index < -0.39 is 5.60 Å². The summed E-state index contributed by atoms with van der Waals surface area (Å²) in [5.74, 6) is 0.408. The van der Waals surface area contributed by atoms with Crippen LogP contribution in [-0.4, -0.2) is 24.6 Å². The number of amides is 1. The smallest absolute Gasteiger partial charge is 0.267 e. The van der Waals surface area contributed by atoms with Gasteiger partial charge in [-0.2, -0.15) is 0 Å². The molecule has 0 aromatic heterocycles. The molecule has 0 spiro atoms. The van der Waals surface area contributed by atoms with Gasteiger partial charge in [-0.05, 0) is 75.2 Å². The van der Waals surface area contributed by atoms with Crippen LogP contribution in [0.4, 0.5) is 11.4 Å². The molecule has 1 saturated heterocycles. The molecule has 132 valence electrons. The van der Waals surface area contributed by atoms with Crippen LogP contribution in [-0.2, 0) is 4.79 Å². The van der Waals surface area contributed by atoms with E-state index in [1.54, 1.807) is 38.1 Å². The van der Waals surface area contributed by atoms with Crippen molar-refractivity contribution in [3.05, 3.63) is 53.6 Å². The first-order chi connectivity index (χ1) is 11.9. The Bertz CT molecular complexity index is 720. The minimum absolute atomic E-state index is 0.198. The van der Waals surface area contributed by atoms with Gasteiger partial charge in [-0.15, -0.1) is 0 Å². The van der Waals surface area contributed by atoms with Gasteiger partial charge < -0.3 is 15.0 Å². The van der Waals surface area contributed by atoms with Crippen molar-refractivity contribution in [1.82, 2.24) is 0 Å². The lowest BCUT2D eigenvalue weighted by molar-refractivity contribution is -0.128. The van der Waals surface area contributed by atoms with Crippen molar-refractivity contribution in [3.63, 3.8) is 0 Å². The van der Waals surface area contributed by atoms with E-state index in [9.17, 15) is 4.79 Å². The number of hydrogen-bond acceptors (Lipinski definition) is 3. The molecular formula is C20H23ClN2O2. The SMILES string of the molecule is CC(C)(Oc1ccc(Cl)cc1)C(=O)Nc1ccc(N2CCCC2)cc1. The fourth-order valence-electron chi connectivity index (χ4n) is 2.86. The average Bonchev–Trinajstić information content (AvgIpc) is 3.12. The van der Waals surface area contributed by atoms with Crippen molar-refractivity contribution in [3.8, 4) is 5.75 Å². The molecule has 5 heteroatoms. The number of nitrogens with one attached hydrogen (secondary N) is 1. The van der Waals surface area contributed by atoms with Gasteiger partial charge >= 0.3 is 0 Å². The molecule has 25 heavy (non-hydrogen) atoms. The summed E-state index contributed by atoms with van der Waals surface area (Å²) in [5, 5.41) is 3.56. The van der Waals surface area contributed by atoms with Gasteiger partial charge in [0.1, 0.15) is 5.75 Å². The minimum Gasteiger partial charge on any atom is -0.478 e. The summed E-state index contributed by atoms with van der Waals surface area (Å²) in [6.45, 7) is 5.70. The lowest BCUT2D eigenvalue weighted by Crippen LogP contribution is -2.42. The number of nitrogens with zero attached hydrogens (tertiary/aromatic N) is 1. The van der Waals surface area contributed by atoms with Crippen LogP contribution in [0.25, 0.3) is 0 Å². The first kappa shape index (κ1) is 17.6. The van der Waals surface area contributed by atoms with Crippen LogP contribution in [0.2, 0.25) is 5.02 Å². The van der Waals surface area contributed by atoms with Gasteiger partial charge in [0.25, 0.3) is 5.91 Å². The summed E-state index contributed by atoms with van der Waals surface area (Å²) in [7, 11) is 0. The Kier molecular flexibility index (Phi) is 5.19. The van der Waals surface area contributed by atoms with E-state index in [2.05, 4.69) is 10.2 Å². The van der Waals surface area contributed by atoms with E-state index >= 15 is 0 Å². The highest BCUT2D eigenvalue weighted by atomic mass is 35.5. The number of ether oxygens (including phenoxy) is 1. The summed E-state index contributed by atoms with van der Waals surface area (Å²) >= 11 is 5.87. The van der Waals surface area contributed by atoms with Crippen molar-refractivity contribution in [2.45, 2.75) is 32.3 Å². The third-order valence-electron chi connectivity index (χ3n) is 4.33. The Morgan fingerprint density at radius 3 is 2.24 bits per heavy atom. The molecular weight excluding hydrogens is 336 g/mol. The van der Waals surface area contributed by atoms with Crippen molar-refractivity contribution in [2.75, 3.05) is 23.3 Å². The Hall–Kier alpha value is -2.20. The second-order valence-electron chi connectivity index (χ2n) is 6.76. The summed E-state index contributed by atoms with van der Waals surface area (Å²) in [6.07, 6.45) is 2.49. The number of rotatable bonds is 5. The molecule has 1 amide bonds. The third kappa shape index (κ3) is 4.45. The Morgan fingerprint density at radius 1 is 1.04 bits per heavy atom. The van der Waals surface area contributed by atoms with Crippen molar-refractivity contribution >= 4 is 28.9 Å². The summed E-state index contributed by atoms with van der Waals surface area (Å²) in [5.41, 5.74) is 0.967. The Balaban J connectivity index is 1.62. The molecule has 1 aliphatic rings. The highest BCUT2D eigenvalue weighted by Gasteiger charge is 2.30. The quantitative estimate of drug-likeness (QED) is 0.839. The number of carbonyl (C=O) groups excluding carboxylic acids is 1. The number of hydrogen-bond donors (Lipinski definition) is 1. The van der Waals surface area contributed by atoms with Crippen LogP contribution in [0.3, 0.4) is 0 Å². The van der Waals surface area contributed by atoms with Crippen molar-refractivity contribution < 1.29 is 9.53 Å². The number of benzene rings is 2. The van der Waals surface area contributed by atoms with E-state index in [1.165, 1.54) is 18.5 Å².